The molecule has 0 aromatic carbocycles. The molecule has 0 radical (unpaired) electrons. The van der Waals surface area contributed by atoms with E-state index in [1.165, 1.54) is 0 Å². The molecule has 15 heavy (non-hydrogen) atoms. The van der Waals surface area contributed by atoms with Crippen LogP contribution < -0.4 is 0 Å². The molecule has 0 aromatic heterocycles. The summed E-state index contributed by atoms with van der Waals surface area (Å²) in [5.41, 5.74) is 0.618. The van der Waals surface area contributed by atoms with Gasteiger partial charge in [-0.25, -0.2) is 0 Å². The average Bonchev–Trinajstić information content (AvgIpc) is 2.60. The highest BCUT2D eigenvalue weighted by atomic mass is 16.8. The van der Waals surface area contributed by atoms with Gasteiger partial charge in [-0.05, 0) is 19.4 Å². The Bertz CT molecular complexity index is 275. The molecule has 0 unspecified atom stereocenters. The van der Waals surface area contributed by atoms with Crippen LogP contribution in [0.2, 0.25) is 0 Å². The molecule has 86 valence electrons. The summed E-state index contributed by atoms with van der Waals surface area (Å²) < 4.78 is 16.5. The Balaban J connectivity index is 2.08. The molecule has 5 heteroatoms. The summed E-state index contributed by atoms with van der Waals surface area (Å²) in [6, 6.07) is 0. The molecule has 2 rings (SSSR count). The van der Waals surface area contributed by atoms with Crippen molar-refractivity contribution in [1.82, 2.24) is 0 Å². The Hall–Kier alpha value is -0.460. The lowest BCUT2D eigenvalue weighted by molar-refractivity contribution is -0.209. The summed E-state index contributed by atoms with van der Waals surface area (Å²) >= 11 is 0. The molecule has 2 N–H and O–H groups in total. The van der Waals surface area contributed by atoms with Crippen molar-refractivity contribution < 1.29 is 24.4 Å². The van der Waals surface area contributed by atoms with Gasteiger partial charge in [-0.15, -0.1) is 0 Å². The third-order valence-corrected chi connectivity index (χ3v) is 2.61. The molecule has 0 spiro atoms. The first-order valence-corrected chi connectivity index (χ1v) is 4.93. The highest BCUT2D eigenvalue weighted by Gasteiger charge is 2.52. The van der Waals surface area contributed by atoms with Crippen LogP contribution in [-0.2, 0) is 14.2 Å². The zero-order valence-corrected chi connectivity index (χ0v) is 8.84. The van der Waals surface area contributed by atoms with Gasteiger partial charge in [0, 0.05) is 0 Å². The SMILES string of the molecule is C=C1[C@H]2OC(C)(C)O[C@H]2O[C@@H]1[C@@H](O)CO. The van der Waals surface area contributed by atoms with Crippen molar-refractivity contribution >= 4 is 0 Å². The summed E-state index contributed by atoms with van der Waals surface area (Å²) in [5.74, 6) is -0.687. The average molecular weight is 216 g/mol. The Morgan fingerprint density at radius 3 is 2.67 bits per heavy atom. The van der Waals surface area contributed by atoms with Gasteiger partial charge in [0.05, 0.1) is 6.61 Å². The number of hydrogen-bond acceptors (Lipinski definition) is 5. The van der Waals surface area contributed by atoms with Crippen molar-refractivity contribution in [2.75, 3.05) is 6.61 Å². The number of aliphatic hydroxyl groups is 2. The normalized spacial score (nSPS) is 40.5. The molecule has 0 amide bonds. The number of aliphatic hydroxyl groups excluding tert-OH is 2. The molecular weight excluding hydrogens is 200 g/mol. The van der Waals surface area contributed by atoms with Crippen molar-refractivity contribution in [1.29, 1.82) is 0 Å². The molecular formula is C10H16O5. The maximum absolute atomic E-state index is 9.47. The second kappa shape index (κ2) is 3.54. The molecule has 5 nitrogen and oxygen atoms in total. The van der Waals surface area contributed by atoms with Gasteiger partial charge in [0.15, 0.2) is 12.1 Å². The van der Waals surface area contributed by atoms with Crippen LogP contribution >= 0.6 is 0 Å². The lowest BCUT2D eigenvalue weighted by Crippen LogP contribution is -2.33. The van der Waals surface area contributed by atoms with Gasteiger partial charge in [0.25, 0.3) is 0 Å². The molecule has 2 fully saturated rings. The zero-order valence-electron chi connectivity index (χ0n) is 8.84. The van der Waals surface area contributed by atoms with Gasteiger partial charge in [-0.3, -0.25) is 0 Å². The van der Waals surface area contributed by atoms with Crippen LogP contribution in [0.5, 0.6) is 0 Å². The van der Waals surface area contributed by atoms with Crippen LogP contribution in [0.3, 0.4) is 0 Å². The van der Waals surface area contributed by atoms with E-state index in [0.717, 1.165) is 0 Å². The second-order valence-electron chi connectivity index (χ2n) is 4.31. The van der Waals surface area contributed by atoms with Gasteiger partial charge >= 0.3 is 0 Å². The van der Waals surface area contributed by atoms with E-state index in [0.29, 0.717) is 5.57 Å². The predicted octanol–water partition coefficient (Wildman–Crippen LogP) is -0.228. The van der Waals surface area contributed by atoms with Crippen LogP contribution in [0.25, 0.3) is 0 Å². The van der Waals surface area contributed by atoms with Crippen LogP contribution in [0.4, 0.5) is 0 Å². The standard InChI is InChI=1S/C10H16O5/c1-5-7(6(12)4-11)13-9-8(5)14-10(2,3)15-9/h6-9,11-12H,1,4H2,2-3H3/t6-,7-,8+,9+/m0/s1. The topological polar surface area (TPSA) is 68.2 Å². The summed E-state index contributed by atoms with van der Waals surface area (Å²) in [7, 11) is 0. The van der Waals surface area contributed by atoms with E-state index in [1.54, 1.807) is 13.8 Å². The molecule has 0 aromatic rings. The van der Waals surface area contributed by atoms with Crippen molar-refractivity contribution in [3.63, 3.8) is 0 Å². The van der Waals surface area contributed by atoms with Gasteiger partial charge in [0.1, 0.15) is 18.3 Å². The van der Waals surface area contributed by atoms with Crippen molar-refractivity contribution in [2.24, 2.45) is 0 Å². The van der Waals surface area contributed by atoms with Crippen molar-refractivity contribution in [3.8, 4) is 0 Å². The molecule has 2 aliphatic heterocycles. The first-order chi connectivity index (χ1) is 6.94. The number of fused-ring (bicyclic) bond motifs is 1. The van der Waals surface area contributed by atoms with E-state index in [9.17, 15) is 5.11 Å². The lowest BCUT2D eigenvalue weighted by Gasteiger charge is -2.23. The minimum atomic E-state index is -0.974. The van der Waals surface area contributed by atoms with Gasteiger partial charge < -0.3 is 24.4 Å². The molecule has 2 heterocycles. The molecule has 2 aliphatic rings. The van der Waals surface area contributed by atoms with Gasteiger partial charge in [-0.1, -0.05) is 6.58 Å². The summed E-state index contributed by atoms with van der Waals surface area (Å²) in [4.78, 5) is 0. The minimum Gasteiger partial charge on any atom is -0.394 e. The van der Waals surface area contributed by atoms with E-state index in [-0.39, 0.29) is 12.7 Å². The monoisotopic (exact) mass is 216 g/mol. The molecule has 4 atom stereocenters. The predicted molar refractivity (Wildman–Crippen MR) is 50.9 cm³/mol. The van der Waals surface area contributed by atoms with Gasteiger partial charge in [0.2, 0.25) is 0 Å². The lowest BCUT2D eigenvalue weighted by atomic mass is 10.0. The maximum Gasteiger partial charge on any atom is 0.191 e. The fourth-order valence-corrected chi connectivity index (χ4v) is 1.91. The van der Waals surface area contributed by atoms with Crippen molar-refractivity contribution in [2.45, 2.75) is 44.2 Å². The van der Waals surface area contributed by atoms with E-state index in [4.69, 9.17) is 19.3 Å². The van der Waals surface area contributed by atoms with E-state index in [2.05, 4.69) is 6.58 Å². The molecule has 0 bridgehead atoms. The Morgan fingerprint density at radius 2 is 2.13 bits per heavy atom. The Labute approximate surface area is 88.3 Å². The summed E-state index contributed by atoms with van der Waals surface area (Å²) in [6.07, 6.45) is -2.47. The molecule has 0 saturated carbocycles. The third-order valence-electron chi connectivity index (χ3n) is 2.61. The maximum atomic E-state index is 9.47. The molecule has 2 saturated heterocycles. The quantitative estimate of drug-likeness (QED) is 0.624. The number of ether oxygens (including phenoxy) is 3. The van der Waals surface area contributed by atoms with E-state index in [1.807, 2.05) is 0 Å². The highest BCUT2D eigenvalue weighted by molar-refractivity contribution is 5.19. The van der Waals surface area contributed by atoms with Gasteiger partial charge in [-0.2, -0.15) is 0 Å². The number of rotatable bonds is 2. The zero-order chi connectivity index (χ0) is 11.2. The first kappa shape index (κ1) is 11.0. The van der Waals surface area contributed by atoms with E-state index < -0.39 is 24.3 Å². The minimum absolute atomic E-state index is 0.355. The van der Waals surface area contributed by atoms with Crippen molar-refractivity contribution in [3.05, 3.63) is 12.2 Å². The largest absolute Gasteiger partial charge is 0.394 e. The van der Waals surface area contributed by atoms with E-state index >= 15 is 0 Å². The number of hydrogen-bond donors (Lipinski definition) is 2. The molecule has 0 aliphatic carbocycles. The summed E-state index contributed by atoms with van der Waals surface area (Å²) in [6.45, 7) is 7.03. The van der Waals surface area contributed by atoms with Crippen LogP contribution in [0, 0.1) is 0 Å². The van der Waals surface area contributed by atoms with Crippen LogP contribution in [0.1, 0.15) is 13.8 Å². The van der Waals surface area contributed by atoms with Crippen LogP contribution in [0.15, 0.2) is 12.2 Å². The fourth-order valence-electron chi connectivity index (χ4n) is 1.91. The second-order valence-corrected chi connectivity index (χ2v) is 4.31. The fraction of sp³-hybridized carbons (Fsp3) is 0.800. The first-order valence-electron chi connectivity index (χ1n) is 4.93. The Kier molecular flexibility index (Phi) is 2.60. The smallest absolute Gasteiger partial charge is 0.191 e. The van der Waals surface area contributed by atoms with Crippen LogP contribution in [-0.4, -0.2) is 47.2 Å². The highest BCUT2D eigenvalue weighted by Crippen LogP contribution is 2.40. The summed E-state index contributed by atoms with van der Waals surface area (Å²) in [5, 5.41) is 18.3. The third kappa shape index (κ3) is 1.81. The Morgan fingerprint density at radius 1 is 1.47 bits per heavy atom.